The molecule has 0 aliphatic rings. The van der Waals surface area contributed by atoms with Gasteiger partial charge in [-0.2, -0.15) is 0 Å². The van der Waals surface area contributed by atoms with E-state index in [2.05, 4.69) is 9.97 Å². The first kappa shape index (κ1) is 16.5. The summed E-state index contributed by atoms with van der Waals surface area (Å²) in [5.74, 6) is -0.690. The lowest BCUT2D eigenvalue weighted by Gasteiger charge is -2.13. The minimum absolute atomic E-state index is 0.0700. The molecule has 0 fully saturated rings. The number of nitrogens with zero attached hydrogens (tertiary/aromatic N) is 2. The van der Waals surface area contributed by atoms with E-state index in [1.807, 2.05) is 19.1 Å². The van der Waals surface area contributed by atoms with Crippen LogP contribution in [0.25, 0.3) is 0 Å². The third-order valence-corrected chi connectivity index (χ3v) is 3.49. The van der Waals surface area contributed by atoms with Gasteiger partial charge in [0, 0.05) is 25.9 Å². The van der Waals surface area contributed by atoms with E-state index in [0.29, 0.717) is 12.2 Å². The molecule has 3 N–H and O–H groups in total. The SMILES string of the molecule is CCN(C)C(=O)c1cc(O[C@H](C)c2ccccn2)c(C(N)=O)[nH]1. The summed E-state index contributed by atoms with van der Waals surface area (Å²) >= 11 is 0. The fraction of sp³-hybridized carbons (Fsp3) is 0.312. The normalized spacial score (nSPS) is 11.8. The van der Waals surface area contributed by atoms with E-state index in [9.17, 15) is 9.59 Å². The van der Waals surface area contributed by atoms with E-state index >= 15 is 0 Å². The van der Waals surface area contributed by atoms with Crippen LogP contribution in [0.2, 0.25) is 0 Å². The standard InChI is InChI=1S/C16H20N4O3/c1-4-20(3)16(22)12-9-13(14(19-12)15(17)21)23-10(2)11-7-5-6-8-18-11/h5-10,19H,4H2,1-3H3,(H2,17,21)/t10-/m1/s1. The van der Waals surface area contributed by atoms with Gasteiger partial charge in [0.25, 0.3) is 11.8 Å². The second-order valence-electron chi connectivity index (χ2n) is 5.12. The van der Waals surface area contributed by atoms with Gasteiger partial charge in [0.15, 0.2) is 5.75 Å². The Kier molecular flexibility index (Phi) is 5.00. The van der Waals surface area contributed by atoms with E-state index in [1.54, 1.807) is 26.2 Å². The lowest BCUT2D eigenvalue weighted by Crippen LogP contribution is -2.26. The Labute approximate surface area is 134 Å². The molecule has 0 spiro atoms. The first-order chi connectivity index (χ1) is 10.9. The Balaban J connectivity index is 2.29. The molecule has 0 saturated heterocycles. The fourth-order valence-corrected chi connectivity index (χ4v) is 2.04. The Morgan fingerprint density at radius 3 is 2.74 bits per heavy atom. The van der Waals surface area contributed by atoms with Crippen molar-refractivity contribution >= 4 is 11.8 Å². The molecule has 2 heterocycles. The molecule has 7 nitrogen and oxygen atoms in total. The summed E-state index contributed by atoms with van der Waals surface area (Å²) in [6, 6.07) is 6.96. The van der Waals surface area contributed by atoms with E-state index in [1.165, 1.54) is 11.0 Å². The maximum atomic E-state index is 12.2. The van der Waals surface area contributed by atoms with E-state index in [-0.39, 0.29) is 23.0 Å². The number of hydrogen-bond donors (Lipinski definition) is 2. The number of carbonyl (C=O) groups excluding carboxylic acids is 2. The van der Waals surface area contributed by atoms with Crippen molar-refractivity contribution < 1.29 is 14.3 Å². The molecule has 2 rings (SSSR count). The Hall–Kier alpha value is -2.83. The highest BCUT2D eigenvalue weighted by Gasteiger charge is 2.22. The number of pyridine rings is 1. The van der Waals surface area contributed by atoms with Crippen LogP contribution in [0.3, 0.4) is 0 Å². The molecule has 23 heavy (non-hydrogen) atoms. The molecule has 2 amide bonds. The molecule has 2 aromatic rings. The average molecular weight is 316 g/mol. The molecule has 7 heteroatoms. The second kappa shape index (κ2) is 6.95. The fourth-order valence-electron chi connectivity index (χ4n) is 2.04. The largest absolute Gasteiger partial charge is 0.482 e. The lowest BCUT2D eigenvalue weighted by molar-refractivity contribution is 0.0797. The van der Waals surface area contributed by atoms with Crippen LogP contribution < -0.4 is 10.5 Å². The van der Waals surface area contributed by atoms with Crippen molar-refractivity contribution in [3.05, 3.63) is 47.5 Å². The van der Waals surface area contributed by atoms with Gasteiger partial charge in [0.1, 0.15) is 17.5 Å². The Bertz CT molecular complexity index is 697. The zero-order valence-electron chi connectivity index (χ0n) is 13.4. The predicted molar refractivity (Wildman–Crippen MR) is 85.2 cm³/mol. The number of nitrogens with one attached hydrogen (secondary N) is 1. The van der Waals surface area contributed by atoms with Crippen LogP contribution in [0, 0.1) is 0 Å². The predicted octanol–water partition coefficient (Wildman–Crippen LogP) is 1.74. The number of aromatic nitrogens is 2. The highest BCUT2D eigenvalue weighted by molar-refractivity contribution is 5.99. The third-order valence-electron chi connectivity index (χ3n) is 3.49. The summed E-state index contributed by atoms with van der Waals surface area (Å²) in [5.41, 5.74) is 6.40. The molecule has 1 atom stereocenters. The van der Waals surface area contributed by atoms with Gasteiger partial charge >= 0.3 is 0 Å². The summed E-state index contributed by atoms with van der Waals surface area (Å²) < 4.78 is 5.77. The molecule has 0 radical (unpaired) electrons. The average Bonchev–Trinajstić information content (AvgIpc) is 2.98. The van der Waals surface area contributed by atoms with Gasteiger partial charge in [-0.25, -0.2) is 0 Å². The summed E-state index contributed by atoms with van der Waals surface area (Å²) in [4.78, 5) is 32.2. The van der Waals surface area contributed by atoms with Crippen LogP contribution in [-0.4, -0.2) is 40.3 Å². The molecule has 0 aliphatic heterocycles. The monoisotopic (exact) mass is 316 g/mol. The maximum absolute atomic E-state index is 12.2. The molecule has 0 aromatic carbocycles. The first-order valence-corrected chi connectivity index (χ1v) is 7.29. The van der Waals surface area contributed by atoms with Crippen molar-refractivity contribution in [1.82, 2.24) is 14.9 Å². The van der Waals surface area contributed by atoms with Crippen molar-refractivity contribution in [2.24, 2.45) is 5.73 Å². The van der Waals surface area contributed by atoms with Gasteiger partial charge < -0.3 is 20.4 Å². The minimum Gasteiger partial charge on any atom is -0.482 e. The number of nitrogens with two attached hydrogens (primary N) is 1. The van der Waals surface area contributed by atoms with Crippen molar-refractivity contribution in [3.63, 3.8) is 0 Å². The summed E-state index contributed by atoms with van der Waals surface area (Å²) in [6.07, 6.45) is 1.27. The minimum atomic E-state index is -0.688. The molecule has 0 bridgehead atoms. The zero-order chi connectivity index (χ0) is 17.0. The summed E-state index contributed by atoms with van der Waals surface area (Å²) in [5, 5.41) is 0. The van der Waals surface area contributed by atoms with Crippen LogP contribution in [0.15, 0.2) is 30.5 Å². The highest BCUT2D eigenvalue weighted by Crippen LogP contribution is 2.26. The van der Waals surface area contributed by atoms with Crippen LogP contribution in [0.4, 0.5) is 0 Å². The molecular weight excluding hydrogens is 296 g/mol. The quantitative estimate of drug-likeness (QED) is 0.847. The van der Waals surface area contributed by atoms with E-state index < -0.39 is 12.0 Å². The van der Waals surface area contributed by atoms with E-state index in [4.69, 9.17) is 10.5 Å². The molecule has 0 unspecified atom stereocenters. The zero-order valence-corrected chi connectivity index (χ0v) is 13.4. The van der Waals surface area contributed by atoms with Gasteiger partial charge in [-0.15, -0.1) is 0 Å². The maximum Gasteiger partial charge on any atom is 0.270 e. The number of hydrogen-bond acceptors (Lipinski definition) is 4. The molecule has 0 saturated carbocycles. The van der Waals surface area contributed by atoms with Crippen LogP contribution in [0.5, 0.6) is 5.75 Å². The Morgan fingerprint density at radius 2 is 2.17 bits per heavy atom. The Morgan fingerprint density at radius 1 is 1.43 bits per heavy atom. The number of aromatic amines is 1. The smallest absolute Gasteiger partial charge is 0.270 e. The number of H-pyrrole nitrogens is 1. The van der Waals surface area contributed by atoms with Gasteiger partial charge in [0.2, 0.25) is 0 Å². The van der Waals surface area contributed by atoms with Crippen molar-refractivity contribution in [2.45, 2.75) is 20.0 Å². The van der Waals surface area contributed by atoms with Gasteiger partial charge in [-0.1, -0.05) is 6.07 Å². The summed E-state index contributed by atoms with van der Waals surface area (Å²) in [7, 11) is 1.67. The van der Waals surface area contributed by atoms with Crippen LogP contribution in [-0.2, 0) is 0 Å². The number of carbonyl (C=O) groups is 2. The number of ether oxygens (including phenoxy) is 1. The number of amides is 2. The second-order valence-corrected chi connectivity index (χ2v) is 5.12. The van der Waals surface area contributed by atoms with Crippen LogP contribution in [0.1, 0.15) is 46.6 Å². The topological polar surface area (TPSA) is 101 Å². The summed E-state index contributed by atoms with van der Waals surface area (Å²) in [6.45, 7) is 4.21. The number of primary amides is 1. The van der Waals surface area contributed by atoms with Crippen molar-refractivity contribution in [2.75, 3.05) is 13.6 Å². The molecule has 0 aliphatic carbocycles. The first-order valence-electron chi connectivity index (χ1n) is 7.29. The van der Waals surface area contributed by atoms with Crippen LogP contribution >= 0.6 is 0 Å². The molecule has 2 aromatic heterocycles. The lowest BCUT2D eigenvalue weighted by atomic mass is 10.2. The van der Waals surface area contributed by atoms with E-state index in [0.717, 1.165) is 0 Å². The van der Waals surface area contributed by atoms with Crippen molar-refractivity contribution in [3.8, 4) is 5.75 Å². The molecular formula is C16H20N4O3. The number of rotatable bonds is 6. The van der Waals surface area contributed by atoms with Gasteiger partial charge in [0.05, 0.1) is 5.69 Å². The van der Waals surface area contributed by atoms with Gasteiger partial charge in [-0.05, 0) is 26.0 Å². The molecule has 122 valence electrons. The van der Waals surface area contributed by atoms with Crippen molar-refractivity contribution in [1.29, 1.82) is 0 Å². The van der Waals surface area contributed by atoms with Gasteiger partial charge in [-0.3, -0.25) is 14.6 Å². The highest BCUT2D eigenvalue weighted by atomic mass is 16.5. The third kappa shape index (κ3) is 3.68.